The van der Waals surface area contributed by atoms with Crippen LogP contribution in [0.15, 0.2) is 96.6 Å². The van der Waals surface area contributed by atoms with Crippen molar-refractivity contribution in [3.63, 3.8) is 0 Å². The van der Waals surface area contributed by atoms with Gasteiger partial charge in [-0.15, -0.1) is 0 Å². The van der Waals surface area contributed by atoms with Gasteiger partial charge in [-0.1, -0.05) is 60.7 Å². The lowest BCUT2D eigenvalue weighted by Gasteiger charge is -2.13. The molecule has 0 bridgehead atoms. The number of hydrogen-bond acceptors (Lipinski definition) is 3. The molecule has 0 heterocycles. The van der Waals surface area contributed by atoms with E-state index in [1.54, 1.807) is 18.2 Å². The lowest BCUT2D eigenvalue weighted by Crippen LogP contribution is -2.13. The first-order chi connectivity index (χ1) is 15.6. The number of carbonyl (C=O) groups is 1. The zero-order valence-corrected chi connectivity index (χ0v) is 19.2. The molecule has 0 spiro atoms. The largest absolute Gasteiger partial charge is 0.488 e. The van der Waals surface area contributed by atoms with E-state index in [1.807, 2.05) is 84.9 Å². The third-order valence-corrected chi connectivity index (χ3v) is 5.64. The van der Waals surface area contributed by atoms with Gasteiger partial charge in [-0.2, -0.15) is 5.26 Å². The van der Waals surface area contributed by atoms with E-state index in [4.69, 9.17) is 4.74 Å². The van der Waals surface area contributed by atoms with Crippen molar-refractivity contribution in [2.75, 3.05) is 5.32 Å². The number of benzene rings is 4. The summed E-state index contributed by atoms with van der Waals surface area (Å²) in [6, 6.07) is 31.0. The molecular formula is C27H19IN2O2. The normalized spacial score (nSPS) is 11.1. The van der Waals surface area contributed by atoms with Gasteiger partial charge >= 0.3 is 0 Å². The average molecular weight is 530 g/mol. The van der Waals surface area contributed by atoms with Crippen molar-refractivity contribution in [1.29, 1.82) is 5.26 Å². The molecule has 5 heteroatoms. The zero-order chi connectivity index (χ0) is 22.3. The Morgan fingerprint density at radius 3 is 2.41 bits per heavy atom. The topological polar surface area (TPSA) is 62.1 Å². The first-order valence-corrected chi connectivity index (χ1v) is 11.1. The minimum Gasteiger partial charge on any atom is -0.488 e. The summed E-state index contributed by atoms with van der Waals surface area (Å²) < 4.78 is 7.16. The number of nitriles is 1. The molecule has 4 nitrogen and oxygen atoms in total. The van der Waals surface area contributed by atoms with E-state index in [1.165, 1.54) is 0 Å². The molecule has 1 amide bonds. The Labute approximate surface area is 200 Å². The second-order valence-corrected chi connectivity index (χ2v) is 8.35. The van der Waals surface area contributed by atoms with Crippen LogP contribution >= 0.6 is 22.6 Å². The van der Waals surface area contributed by atoms with Crippen LogP contribution in [0.25, 0.3) is 16.8 Å². The maximum Gasteiger partial charge on any atom is 0.266 e. The molecular weight excluding hydrogens is 511 g/mol. The van der Waals surface area contributed by atoms with E-state index in [0.29, 0.717) is 23.6 Å². The van der Waals surface area contributed by atoms with Crippen LogP contribution in [-0.4, -0.2) is 5.91 Å². The number of nitrogens with one attached hydrogen (secondary N) is 1. The highest BCUT2D eigenvalue weighted by atomic mass is 127. The number of anilines is 1. The molecule has 4 aromatic rings. The highest BCUT2D eigenvalue weighted by molar-refractivity contribution is 14.1. The number of carbonyl (C=O) groups excluding carboxylic acids is 1. The second kappa shape index (κ2) is 10.1. The minimum atomic E-state index is -0.462. The molecule has 0 atom stereocenters. The van der Waals surface area contributed by atoms with Crippen molar-refractivity contribution < 1.29 is 9.53 Å². The van der Waals surface area contributed by atoms with Crippen molar-refractivity contribution in [2.24, 2.45) is 0 Å². The van der Waals surface area contributed by atoms with E-state index in [2.05, 4.69) is 27.9 Å². The van der Waals surface area contributed by atoms with Gasteiger partial charge in [-0.25, -0.2) is 0 Å². The standard InChI is InChI=1S/C27H19IN2O2/c28-22-11-13-23(14-12-22)30-27(31)21(17-29)16-25-24-9-5-4-8-20(24)10-15-26(25)32-18-19-6-2-1-3-7-19/h1-16H,18H2,(H,30,31)/b21-16+. The summed E-state index contributed by atoms with van der Waals surface area (Å²) in [7, 11) is 0. The first-order valence-electron chi connectivity index (χ1n) is 10.0. The Morgan fingerprint density at radius 1 is 0.938 bits per heavy atom. The van der Waals surface area contributed by atoms with Crippen LogP contribution < -0.4 is 10.1 Å². The molecule has 0 aliphatic rings. The maximum atomic E-state index is 12.8. The summed E-state index contributed by atoms with van der Waals surface area (Å²) in [6.07, 6.45) is 1.60. The molecule has 0 radical (unpaired) electrons. The summed E-state index contributed by atoms with van der Waals surface area (Å²) in [4.78, 5) is 12.8. The van der Waals surface area contributed by atoms with Crippen LogP contribution in [0.2, 0.25) is 0 Å². The predicted octanol–water partition coefficient (Wildman–Crippen LogP) is 6.57. The van der Waals surface area contributed by atoms with Gasteiger partial charge in [0.25, 0.3) is 5.91 Å². The van der Waals surface area contributed by atoms with Gasteiger partial charge in [-0.3, -0.25) is 4.79 Å². The van der Waals surface area contributed by atoms with Crippen LogP contribution in [0.5, 0.6) is 5.75 Å². The molecule has 1 N–H and O–H groups in total. The van der Waals surface area contributed by atoms with Crippen LogP contribution in [0.3, 0.4) is 0 Å². The molecule has 0 saturated carbocycles. The number of fused-ring (bicyclic) bond motifs is 1. The summed E-state index contributed by atoms with van der Waals surface area (Å²) >= 11 is 2.20. The van der Waals surface area contributed by atoms with E-state index in [-0.39, 0.29) is 5.57 Å². The highest BCUT2D eigenvalue weighted by Gasteiger charge is 2.14. The zero-order valence-electron chi connectivity index (χ0n) is 17.1. The first kappa shape index (κ1) is 21.6. The fraction of sp³-hybridized carbons (Fsp3) is 0.0370. The van der Waals surface area contributed by atoms with Crippen LogP contribution in [-0.2, 0) is 11.4 Å². The summed E-state index contributed by atoms with van der Waals surface area (Å²) in [5, 5.41) is 14.4. The van der Waals surface area contributed by atoms with Gasteiger partial charge in [-0.05, 0) is 75.3 Å². The fourth-order valence-electron chi connectivity index (χ4n) is 3.31. The fourth-order valence-corrected chi connectivity index (χ4v) is 3.67. The molecule has 4 rings (SSSR count). The van der Waals surface area contributed by atoms with Gasteiger partial charge in [0, 0.05) is 14.8 Å². The summed E-state index contributed by atoms with van der Waals surface area (Å²) in [5.41, 5.74) is 2.38. The quantitative estimate of drug-likeness (QED) is 0.174. The van der Waals surface area contributed by atoms with Crippen molar-refractivity contribution in [1.82, 2.24) is 0 Å². The Kier molecular flexibility index (Phi) is 6.83. The lowest BCUT2D eigenvalue weighted by atomic mass is 10.0. The molecule has 0 saturated heterocycles. The third kappa shape index (κ3) is 5.16. The highest BCUT2D eigenvalue weighted by Crippen LogP contribution is 2.31. The Morgan fingerprint density at radius 2 is 1.66 bits per heavy atom. The average Bonchev–Trinajstić information content (AvgIpc) is 2.83. The lowest BCUT2D eigenvalue weighted by molar-refractivity contribution is -0.112. The van der Waals surface area contributed by atoms with Gasteiger partial charge in [0.1, 0.15) is 24.0 Å². The molecule has 0 aliphatic heterocycles. The Balaban J connectivity index is 1.69. The third-order valence-electron chi connectivity index (χ3n) is 4.92. The molecule has 0 fully saturated rings. The van der Waals surface area contributed by atoms with Gasteiger partial charge < -0.3 is 10.1 Å². The smallest absolute Gasteiger partial charge is 0.266 e. The monoisotopic (exact) mass is 530 g/mol. The summed E-state index contributed by atoms with van der Waals surface area (Å²) in [6.45, 7) is 0.386. The Bertz CT molecular complexity index is 1320. The van der Waals surface area contributed by atoms with Gasteiger partial charge in [0.15, 0.2) is 0 Å². The number of amides is 1. The number of ether oxygens (including phenoxy) is 1. The van der Waals surface area contributed by atoms with Crippen LogP contribution in [0.4, 0.5) is 5.69 Å². The number of halogens is 1. The molecule has 4 aromatic carbocycles. The van der Waals surface area contributed by atoms with Crippen molar-refractivity contribution >= 4 is 51.0 Å². The maximum absolute atomic E-state index is 12.8. The molecule has 0 aromatic heterocycles. The SMILES string of the molecule is N#C/C(=C\c1c(OCc2ccccc2)ccc2ccccc12)C(=O)Nc1ccc(I)cc1. The summed E-state index contributed by atoms with van der Waals surface area (Å²) in [5.74, 6) is 0.151. The van der Waals surface area contributed by atoms with Crippen molar-refractivity contribution in [2.45, 2.75) is 6.61 Å². The second-order valence-electron chi connectivity index (χ2n) is 7.10. The van der Waals surface area contributed by atoms with Crippen molar-refractivity contribution in [3.05, 3.63) is 111 Å². The molecule has 0 unspecified atom stereocenters. The number of hydrogen-bond donors (Lipinski definition) is 1. The van der Waals surface area contributed by atoms with E-state index >= 15 is 0 Å². The van der Waals surface area contributed by atoms with Crippen molar-refractivity contribution in [3.8, 4) is 11.8 Å². The van der Waals surface area contributed by atoms with E-state index in [0.717, 1.165) is 19.9 Å². The van der Waals surface area contributed by atoms with Gasteiger partial charge in [0.05, 0.1) is 0 Å². The van der Waals surface area contributed by atoms with Gasteiger partial charge in [0.2, 0.25) is 0 Å². The number of nitrogens with zero attached hydrogens (tertiary/aromatic N) is 1. The van der Waals surface area contributed by atoms with E-state index < -0.39 is 5.91 Å². The molecule has 0 aliphatic carbocycles. The molecule has 156 valence electrons. The number of rotatable bonds is 6. The van der Waals surface area contributed by atoms with Crippen LogP contribution in [0.1, 0.15) is 11.1 Å². The minimum absolute atomic E-state index is 0.00413. The predicted molar refractivity (Wildman–Crippen MR) is 136 cm³/mol. The van der Waals surface area contributed by atoms with Crippen LogP contribution in [0, 0.1) is 14.9 Å². The van der Waals surface area contributed by atoms with E-state index in [9.17, 15) is 10.1 Å². The Hall–Kier alpha value is -3.63. The molecule has 32 heavy (non-hydrogen) atoms.